The molecule has 264 valence electrons. The van der Waals surface area contributed by atoms with E-state index in [9.17, 15) is 40.4 Å². The van der Waals surface area contributed by atoms with Crippen molar-refractivity contribution in [2.24, 2.45) is 11.8 Å². The predicted molar refractivity (Wildman–Crippen MR) is 173 cm³/mol. The Morgan fingerprint density at radius 3 is 2.42 bits per heavy atom. The van der Waals surface area contributed by atoms with E-state index in [2.05, 4.69) is 9.72 Å². The van der Waals surface area contributed by atoms with Gasteiger partial charge in [-0.05, 0) is 73.2 Å². The zero-order valence-electron chi connectivity index (χ0n) is 26.9. The van der Waals surface area contributed by atoms with Crippen molar-refractivity contribution in [1.29, 1.82) is 0 Å². The van der Waals surface area contributed by atoms with Crippen molar-refractivity contribution in [3.63, 3.8) is 0 Å². The van der Waals surface area contributed by atoms with Crippen molar-refractivity contribution >= 4 is 44.1 Å². The molecule has 16 heteroatoms. The maximum atomic E-state index is 14.8. The molecule has 1 amide bonds. The molecule has 2 heterocycles. The molecule has 0 bridgehead atoms. The van der Waals surface area contributed by atoms with Crippen molar-refractivity contribution in [2.75, 3.05) is 18.7 Å². The number of nitrogens with two attached hydrogens (primary N) is 1. The Morgan fingerprint density at radius 1 is 1.02 bits per heavy atom. The average molecular weight is 717 g/mol. The number of fused-ring (bicyclic) bond motifs is 1. The monoisotopic (exact) mass is 716 g/mol. The number of carbonyl (C=O) groups excluding carboxylic acids is 3. The van der Waals surface area contributed by atoms with Gasteiger partial charge in [0, 0.05) is 24.3 Å². The van der Waals surface area contributed by atoms with Gasteiger partial charge >= 0.3 is 18.1 Å². The van der Waals surface area contributed by atoms with Gasteiger partial charge in [0.1, 0.15) is 6.04 Å². The minimum absolute atomic E-state index is 0.0781. The summed E-state index contributed by atoms with van der Waals surface area (Å²) < 4.78 is 90.4. The van der Waals surface area contributed by atoms with Crippen LogP contribution in [0.1, 0.15) is 43.5 Å². The van der Waals surface area contributed by atoms with Crippen LogP contribution in [0.25, 0.3) is 10.8 Å². The van der Waals surface area contributed by atoms with Crippen LogP contribution in [0.2, 0.25) is 0 Å². The molecule has 2 unspecified atom stereocenters. The van der Waals surface area contributed by atoms with Crippen LogP contribution in [0.5, 0.6) is 5.75 Å². The minimum Gasteiger partial charge on any atom is -0.494 e. The Kier molecular flexibility index (Phi) is 10.2. The maximum Gasteiger partial charge on any atom is 0.491 e. The molecular formula is C34H32F4N4O7S. The Bertz CT molecular complexity index is 2060. The topological polar surface area (TPSA) is 149 Å². The molecule has 0 aliphatic carbocycles. The Labute approximate surface area is 284 Å². The van der Waals surface area contributed by atoms with E-state index in [0.29, 0.717) is 11.1 Å². The summed E-state index contributed by atoms with van der Waals surface area (Å²) in [5, 5.41) is 1.60. The molecule has 4 aromatic rings. The van der Waals surface area contributed by atoms with E-state index in [4.69, 9.17) is 10.6 Å². The number of amides is 1. The lowest BCUT2D eigenvalue weighted by Crippen LogP contribution is -2.47. The van der Waals surface area contributed by atoms with Gasteiger partial charge in [-0.25, -0.2) is 23.4 Å². The second kappa shape index (κ2) is 14.0. The number of anilines is 1. The SMILES string of the molecule is COc1cc([C@@H](C(=O)N2CCC(C(=O)OC(=O)C(F)(F)F)C2c2ccccc2S(=O)(=O)C(C)C)N(N)c2ccc3cnccc3c2)ccc1F. The fraction of sp³-hybridized carbons (Fsp3) is 0.294. The van der Waals surface area contributed by atoms with Gasteiger partial charge in [-0.2, -0.15) is 13.2 Å². The van der Waals surface area contributed by atoms with Gasteiger partial charge in [0.15, 0.2) is 21.4 Å². The summed E-state index contributed by atoms with van der Waals surface area (Å²) in [4.78, 5) is 44.7. The fourth-order valence-corrected chi connectivity index (χ4v) is 7.23. The summed E-state index contributed by atoms with van der Waals surface area (Å²) in [5.74, 6) is -1.08. The van der Waals surface area contributed by atoms with Crippen LogP contribution >= 0.6 is 0 Å². The van der Waals surface area contributed by atoms with E-state index >= 15 is 0 Å². The van der Waals surface area contributed by atoms with Crippen molar-refractivity contribution in [2.45, 2.75) is 48.7 Å². The number of nitrogens with zero attached hydrogens (tertiary/aromatic N) is 3. The molecule has 11 nitrogen and oxygen atoms in total. The molecule has 5 rings (SSSR count). The Hall–Kier alpha value is -5.09. The number of aromatic nitrogens is 1. The van der Waals surface area contributed by atoms with Gasteiger partial charge in [-0.3, -0.25) is 19.6 Å². The summed E-state index contributed by atoms with van der Waals surface area (Å²) in [7, 11) is -2.87. The second-order valence-electron chi connectivity index (χ2n) is 11.8. The Morgan fingerprint density at radius 2 is 1.74 bits per heavy atom. The highest BCUT2D eigenvalue weighted by Gasteiger charge is 2.50. The quantitative estimate of drug-likeness (QED) is 0.0805. The highest BCUT2D eigenvalue weighted by Crippen LogP contribution is 2.44. The van der Waals surface area contributed by atoms with Gasteiger partial charge in [0.2, 0.25) is 0 Å². The highest BCUT2D eigenvalue weighted by atomic mass is 32.2. The fourth-order valence-electron chi connectivity index (χ4n) is 5.94. The summed E-state index contributed by atoms with van der Waals surface area (Å²) in [5.41, 5.74) is 0.368. The molecule has 1 saturated heterocycles. The third-order valence-corrected chi connectivity index (χ3v) is 10.7. The number of carbonyl (C=O) groups is 3. The lowest BCUT2D eigenvalue weighted by Gasteiger charge is -2.36. The molecule has 3 aromatic carbocycles. The number of pyridine rings is 1. The first-order chi connectivity index (χ1) is 23.6. The zero-order valence-corrected chi connectivity index (χ0v) is 27.7. The number of benzene rings is 3. The number of methoxy groups -OCH3 is 1. The number of likely N-dealkylation sites (tertiary alicyclic amines) is 1. The highest BCUT2D eigenvalue weighted by molar-refractivity contribution is 7.92. The number of ether oxygens (including phenoxy) is 2. The third kappa shape index (κ3) is 6.98. The van der Waals surface area contributed by atoms with E-state index < -0.39 is 62.9 Å². The summed E-state index contributed by atoms with van der Waals surface area (Å²) in [6, 6.07) is 12.8. The van der Waals surface area contributed by atoms with Crippen molar-refractivity contribution in [3.8, 4) is 5.75 Å². The van der Waals surface area contributed by atoms with E-state index in [1.54, 1.807) is 36.7 Å². The number of hydrazine groups is 1. The average Bonchev–Trinajstić information content (AvgIpc) is 3.53. The molecule has 2 N–H and O–H groups in total. The van der Waals surface area contributed by atoms with Gasteiger partial charge < -0.3 is 14.4 Å². The van der Waals surface area contributed by atoms with Crippen molar-refractivity contribution in [1.82, 2.24) is 9.88 Å². The van der Waals surface area contributed by atoms with Crippen LogP contribution in [0.15, 0.2) is 84.0 Å². The number of hydrogen-bond donors (Lipinski definition) is 1. The number of alkyl halides is 3. The number of hydrogen-bond acceptors (Lipinski definition) is 10. The first kappa shape index (κ1) is 36.2. The van der Waals surface area contributed by atoms with Crippen LogP contribution in [0, 0.1) is 11.7 Å². The molecule has 1 aliphatic rings. The van der Waals surface area contributed by atoms with Crippen LogP contribution in [0.4, 0.5) is 23.2 Å². The largest absolute Gasteiger partial charge is 0.494 e. The molecule has 0 spiro atoms. The van der Waals surface area contributed by atoms with E-state index in [1.165, 1.54) is 57.4 Å². The molecule has 1 aromatic heterocycles. The number of halogens is 4. The second-order valence-corrected chi connectivity index (χ2v) is 14.3. The zero-order chi connectivity index (χ0) is 36.5. The van der Waals surface area contributed by atoms with Crippen LogP contribution in [0.3, 0.4) is 0 Å². The van der Waals surface area contributed by atoms with E-state index in [0.717, 1.165) is 21.4 Å². The smallest absolute Gasteiger partial charge is 0.491 e. The normalized spacial score (nSPS) is 17.1. The van der Waals surface area contributed by atoms with Crippen LogP contribution < -0.4 is 15.6 Å². The Balaban J connectivity index is 1.67. The summed E-state index contributed by atoms with van der Waals surface area (Å²) in [6.45, 7) is 2.55. The first-order valence-corrected chi connectivity index (χ1v) is 16.8. The molecule has 0 saturated carbocycles. The summed E-state index contributed by atoms with van der Waals surface area (Å²) in [6.07, 6.45) is -2.63. The predicted octanol–water partition coefficient (Wildman–Crippen LogP) is 5.21. The lowest BCUT2D eigenvalue weighted by atomic mass is 9.93. The third-order valence-electron chi connectivity index (χ3n) is 8.50. The minimum atomic E-state index is -5.50. The van der Waals surface area contributed by atoms with Crippen LogP contribution in [-0.4, -0.2) is 61.2 Å². The number of sulfone groups is 1. The number of rotatable bonds is 9. The molecule has 0 radical (unpaired) electrons. The van der Waals surface area contributed by atoms with Crippen LogP contribution in [-0.2, 0) is 29.0 Å². The van der Waals surface area contributed by atoms with Gasteiger partial charge in [0.25, 0.3) is 5.91 Å². The molecule has 50 heavy (non-hydrogen) atoms. The number of esters is 2. The van der Waals surface area contributed by atoms with E-state index in [-0.39, 0.29) is 34.7 Å². The standard InChI is InChI=1S/C34H32F4N4O7S/c1-19(2)50(46,47)28-7-5-4-6-24(28)30-25(32(44)49-33(45)34(36,37)38)13-15-41(30)31(43)29(21-9-11-26(35)27(17-21)48-3)42(39)23-10-8-22-18-40-14-12-20(22)16-23/h4-12,14,16-19,25,29-30H,13,15,39H2,1-3H3/t25?,29-,30?/m0/s1. The first-order valence-electron chi connectivity index (χ1n) is 15.2. The van der Waals surface area contributed by atoms with Gasteiger partial charge in [0.05, 0.1) is 34.9 Å². The van der Waals surface area contributed by atoms with Crippen molar-refractivity contribution < 1.29 is 49.8 Å². The maximum absolute atomic E-state index is 14.8. The summed E-state index contributed by atoms with van der Waals surface area (Å²) >= 11 is 0. The van der Waals surface area contributed by atoms with Gasteiger partial charge in [-0.15, -0.1) is 0 Å². The van der Waals surface area contributed by atoms with Gasteiger partial charge in [-0.1, -0.05) is 30.3 Å². The molecular weight excluding hydrogens is 684 g/mol. The molecule has 1 fully saturated rings. The lowest BCUT2D eigenvalue weighted by molar-refractivity contribution is -0.203. The van der Waals surface area contributed by atoms with E-state index in [1.807, 2.05) is 0 Å². The molecule has 1 aliphatic heterocycles. The van der Waals surface area contributed by atoms with Crippen molar-refractivity contribution in [3.05, 3.63) is 96.1 Å². The molecule has 3 atom stereocenters.